The van der Waals surface area contributed by atoms with E-state index in [4.69, 9.17) is 47.0 Å². The molecule has 0 saturated carbocycles. The number of benzene rings is 2. The summed E-state index contributed by atoms with van der Waals surface area (Å²) < 4.78 is 0. The largest absolute Gasteiger partial charge is 0.478 e. The lowest BCUT2D eigenvalue weighted by Gasteiger charge is -2.13. The second-order valence-electron chi connectivity index (χ2n) is 4.94. The minimum atomic E-state index is -1.24. The lowest BCUT2D eigenvalue weighted by molar-refractivity contribution is -0.115. The summed E-state index contributed by atoms with van der Waals surface area (Å²) in [4.78, 5) is 23.2. The van der Waals surface area contributed by atoms with Crippen LogP contribution in [-0.2, 0) is 4.79 Å². The minimum Gasteiger partial charge on any atom is -0.478 e. The van der Waals surface area contributed by atoms with Crippen molar-refractivity contribution in [1.82, 2.24) is 5.32 Å². The van der Waals surface area contributed by atoms with Crippen LogP contribution in [-0.4, -0.2) is 22.1 Å². The van der Waals surface area contributed by atoms with Crippen LogP contribution in [0.4, 0.5) is 5.69 Å². The van der Waals surface area contributed by atoms with Crippen molar-refractivity contribution < 1.29 is 14.7 Å². The standard InChI is InChI=1S/C17H11Cl3N2O3S/c18-10-4-1-9(2-5-10)3-6-14(23)21-17(26)22-15-12(16(24)25)7-11(19)8-13(15)20/h1-8H,(H,24,25)(H2,21,22,23,26)/b6-3+. The summed E-state index contributed by atoms with van der Waals surface area (Å²) in [6.45, 7) is 0. The van der Waals surface area contributed by atoms with Crippen LogP contribution in [0.1, 0.15) is 15.9 Å². The van der Waals surface area contributed by atoms with Gasteiger partial charge in [-0.25, -0.2) is 4.79 Å². The predicted molar refractivity (Wildman–Crippen MR) is 108 cm³/mol. The zero-order valence-electron chi connectivity index (χ0n) is 12.9. The minimum absolute atomic E-state index is 0.0375. The molecule has 9 heteroatoms. The number of rotatable bonds is 4. The molecule has 26 heavy (non-hydrogen) atoms. The molecule has 0 unspecified atom stereocenters. The lowest BCUT2D eigenvalue weighted by atomic mass is 10.2. The molecular weight excluding hydrogens is 419 g/mol. The number of amides is 1. The fraction of sp³-hybridized carbons (Fsp3) is 0. The van der Waals surface area contributed by atoms with Crippen molar-refractivity contribution in [3.63, 3.8) is 0 Å². The molecule has 2 rings (SSSR count). The molecule has 3 N–H and O–H groups in total. The number of carboxylic acids is 1. The second-order valence-corrected chi connectivity index (χ2v) is 6.63. The summed E-state index contributed by atoms with van der Waals surface area (Å²) >= 11 is 22.6. The summed E-state index contributed by atoms with van der Waals surface area (Å²) in [7, 11) is 0. The highest BCUT2D eigenvalue weighted by Crippen LogP contribution is 2.30. The zero-order chi connectivity index (χ0) is 19.3. The quantitative estimate of drug-likeness (QED) is 0.477. The van der Waals surface area contributed by atoms with Gasteiger partial charge in [0.2, 0.25) is 5.91 Å². The van der Waals surface area contributed by atoms with Gasteiger partial charge in [0.15, 0.2) is 5.11 Å². The van der Waals surface area contributed by atoms with Crippen LogP contribution < -0.4 is 10.6 Å². The molecule has 0 aliphatic rings. The van der Waals surface area contributed by atoms with Crippen LogP contribution in [0, 0.1) is 0 Å². The maximum absolute atomic E-state index is 11.9. The van der Waals surface area contributed by atoms with Crippen LogP contribution in [0.15, 0.2) is 42.5 Å². The normalized spacial score (nSPS) is 10.6. The third kappa shape index (κ3) is 5.71. The molecule has 0 aliphatic heterocycles. The molecule has 0 bridgehead atoms. The van der Waals surface area contributed by atoms with Gasteiger partial charge in [-0.15, -0.1) is 0 Å². The topological polar surface area (TPSA) is 78.4 Å². The maximum Gasteiger partial charge on any atom is 0.337 e. The lowest BCUT2D eigenvalue weighted by Crippen LogP contribution is -2.33. The van der Waals surface area contributed by atoms with E-state index in [1.54, 1.807) is 30.3 Å². The van der Waals surface area contributed by atoms with Gasteiger partial charge in [-0.1, -0.05) is 46.9 Å². The first-order valence-electron chi connectivity index (χ1n) is 7.04. The highest BCUT2D eigenvalue weighted by atomic mass is 35.5. The summed E-state index contributed by atoms with van der Waals surface area (Å²) in [6, 6.07) is 9.47. The fourth-order valence-electron chi connectivity index (χ4n) is 1.91. The molecule has 134 valence electrons. The van der Waals surface area contributed by atoms with Gasteiger partial charge in [0.25, 0.3) is 0 Å². The Balaban J connectivity index is 2.06. The van der Waals surface area contributed by atoms with Crippen LogP contribution in [0.25, 0.3) is 6.08 Å². The number of carbonyl (C=O) groups excluding carboxylic acids is 1. The van der Waals surface area contributed by atoms with Crippen molar-refractivity contribution >= 4 is 75.8 Å². The van der Waals surface area contributed by atoms with Gasteiger partial charge in [0, 0.05) is 16.1 Å². The Kier molecular flexibility index (Phi) is 6.99. The fourth-order valence-corrected chi connectivity index (χ4v) is 2.78. The van der Waals surface area contributed by atoms with Crippen LogP contribution in [0.3, 0.4) is 0 Å². The van der Waals surface area contributed by atoms with Crippen molar-refractivity contribution in [3.8, 4) is 0 Å². The number of hydrogen-bond acceptors (Lipinski definition) is 3. The summed E-state index contributed by atoms with van der Waals surface area (Å²) in [6.07, 6.45) is 2.85. The Morgan fingerprint density at radius 1 is 1.04 bits per heavy atom. The number of hydrogen-bond donors (Lipinski definition) is 3. The van der Waals surface area contributed by atoms with E-state index >= 15 is 0 Å². The van der Waals surface area contributed by atoms with Crippen molar-refractivity contribution in [3.05, 3.63) is 68.7 Å². The molecule has 2 aromatic carbocycles. The predicted octanol–water partition coefficient (Wildman–Crippen LogP) is 4.87. The molecule has 0 heterocycles. The molecule has 0 aromatic heterocycles. The van der Waals surface area contributed by atoms with Crippen molar-refractivity contribution in [2.24, 2.45) is 0 Å². The Bertz CT molecular complexity index is 899. The molecular formula is C17H11Cl3N2O3S. The Labute approximate surface area is 169 Å². The first-order chi connectivity index (χ1) is 12.3. The molecule has 1 amide bonds. The van der Waals surface area contributed by atoms with E-state index in [2.05, 4.69) is 10.6 Å². The molecule has 0 atom stereocenters. The van der Waals surface area contributed by atoms with Gasteiger partial charge in [0.1, 0.15) is 0 Å². The summed E-state index contributed by atoms with van der Waals surface area (Å²) in [5.74, 6) is -1.74. The van der Waals surface area contributed by atoms with E-state index in [1.807, 2.05) is 0 Å². The number of anilines is 1. The third-order valence-electron chi connectivity index (χ3n) is 3.06. The maximum atomic E-state index is 11.9. The highest BCUT2D eigenvalue weighted by Gasteiger charge is 2.16. The smallest absolute Gasteiger partial charge is 0.337 e. The number of thiocarbonyl (C=S) groups is 1. The van der Waals surface area contributed by atoms with Gasteiger partial charge >= 0.3 is 5.97 Å². The molecule has 5 nitrogen and oxygen atoms in total. The number of aromatic carboxylic acids is 1. The molecule has 2 aromatic rings. The van der Waals surface area contributed by atoms with Crippen LogP contribution in [0.5, 0.6) is 0 Å². The second kappa shape index (κ2) is 9.00. The van der Waals surface area contributed by atoms with E-state index in [0.29, 0.717) is 5.02 Å². The average Bonchev–Trinajstić information content (AvgIpc) is 2.56. The molecule has 0 fully saturated rings. The van der Waals surface area contributed by atoms with Gasteiger partial charge in [-0.2, -0.15) is 0 Å². The first kappa shape index (κ1) is 20.2. The van der Waals surface area contributed by atoms with Crippen LogP contribution in [0.2, 0.25) is 15.1 Å². The third-order valence-corrected chi connectivity index (χ3v) is 4.03. The van der Waals surface area contributed by atoms with Gasteiger partial charge < -0.3 is 10.4 Å². The summed E-state index contributed by atoms with van der Waals surface area (Å²) in [5, 5.41) is 14.9. The van der Waals surface area contributed by atoms with Crippen molar-refractivity contribution in [1.29, 1.82) is 0 Å². The van der Waals surface area contributed by atoms with Crippen LogP contribution >= 0.6 is 47.0 Å². The Morgan fingerprint density at radius 3 is 2.31 bits per heavy atom. The number of halogens is 3. The van der Waals surface area contributed by atoms with Crippen molar-refractivity contribution in [2.45, 2.75) is 0 Å². The summed E-state index contributed by atoms with van der Waals surface area (Å²) in [5.41, 5.74) is 0.642. The number of carbonyl (C=O) groups is 2. The molecule has 0 aliphatic carbocycles. The van der Waals surface area contributed by atoms with E-state index in [9.17, 15) is 14.7 Å². The number of nitrogens with one attached hydrogen (secondary N) is 2. The first-order valence-corrected chi connectivity index (χ1v) is 8.58. The Hall–Kier alpha value is -2.12. The van der Waals surface area contributed by atoms with Gasteiger partial charge in [-0.05, 0) is 48.1 Å². The van der Waals surface area contributed by atoms with E-state index in [1.165, 1.54) is 18.2 Å². The van der Waals surface area contributed by atoms with E-state index < -0.39 is 11.9 Å². The molecule has 0 saturated heterocycles. The van der Waals surface area contributed by atoms with Crippen molar-refractivity contribution in [2.75, 3.05) is 5.32 Å². The average molecular weight is 430 g/mol. The Morgan fingerprint density at radius 2 is 1.69 bits per heavy atom. The zero-order valence-corrected chi connectivity index (χ0v) is 16.0. The molecule has 0 spiro atoms. The highest BCUT2D eigenvalue weighted by molar-refractivity contribution is 7.80. The van der Waals surface area contributed by atoms with E-state index in [0.717, 1.165) is 5.56 Å². The van der Waals surface area contributed by atoms with Gasteiger partial charge in [0.05, 0.1) is 16.3 Å². The molecule has 0 radical (unpaired) electrons. The van der Waals surface area contributed by atoms with E-state index in [-0.39, 0.29) is 26.4 Å². The monoisotopic (exact) mass is 428 g/mol. The SMILES string of the molecule is O=C(/C=C/c1ccc(Cl)cc1)NC(=S)Nc1c(Cl)cc(Cl)cc1C(=O)O. The van der Waals surface area contributed by atoms with Gasteiger partial charge in [-0.3, -0.25) is 10.1 Å². The number of carboxylic acid groups (broad SMARTS) is 1.